The van der Waals surface area contributed by atoms with Crippen molar-refractivity contribution >= 4 is 23.9 Å². The number of carbonyl (C=O) groups excluding carboxylic acids is 3. The summed E-state index contributed by atoms with van der Waals surface area (Å²) in [5.41, 5.74) is 5.04. The molecule has 0 aliphatic carbocycles. The van der Waals surface area contributed by atoms with Gasteiger partial charge in [-0.2, -0.15) is 0 Å². The van der Waals surface area contributed by atoms with Crippen LogP contribution in [-0.4, -0.2) is 88.0 Å². The molecule has 2 atom stereocenters. The number of nitrogens with two attached hydrogens (primary N) is 1. The predicted molar refractivity (Wildman–Crippen MR) is 109 cm³/mol. The molecule has 0 aromatic rings. The largest absolute Gasteiger partial charge is 0.480 e. The van der Waals surface area contributed by atoms with E-state index in [2.05, 4.69) is 17.2 Å². The van der Waals surface area contributed by atoms with Crippen LogP contribution in [0.1, 0.15) is 33.6 Å². The Kier molecular flexibility index (Phi) is 7.16. The summed E-state index contributed by atoms with van der Waals surface area (Å²) in [6.07, 6.45) is 0.862. The van der Waals surface area contributed by atoms with Crippen molar-refractivity contribution in [1.29, 1.82) is 0 Å². The summed E-state index contributed by atoms with van der Waals surface area (Å²) >= 11 is 0. The number of carboxylic acid groups (broad SMARTS) is 1. The van der Waals surface area contributed by atoms with Gasteiger partial charge in [0.25, 0.3) is 0 Å². The second-order valence-corrected chi connectivity index (χ2v) is 8.63. The number of nitrogens with zero attached hydrogens (tertiary/aromatic N) is 3. The van der Waals surface area contributed by atoms with Crippen molar-refractivity contribution in [2.75, 3.05) is 32.7 Å². The molecule has 2 heterocycles. The Bertz CT molecular complexity index is 711. The summed E-state index contributed by atoms with van der Waals surface area (Å²) in [5, 5.41) is 15.2. The summed E-state index contributed by atoms with van der Waals surface area (Å²) < 4.78 is 0. The van der Waals surface area contributed by atoms with E-state index in [1.165, 1.54) is 4.90 Å². The minimum absolute atomic E-state index is 0.216. The third-order valence-corrected chi connectivity index (χ3v) is 5.04. The molecule has 11 nitrogen and oxygen atoms in total. The molecule has 168 valence electrons. The highest BCUT2D eigenvalue weighted by Crippen LogP contribution is 2.32. The Morgan fingerprint density at radius 2 is 1.73 bits per heavy atom. The normalized spacial score (nSPS) is 21.7. The molecule has 2 saturated heterocycles. The number of urea groups is 2. The van der Waals surface area contributed by atoms with Crippen LogP contribution in [0.5, 0.6) is 0 Å². The van der Waals surface area contributed by atoms with E-state index >= 15 is 0 Å². The minimum Gasteiger partial charge on any atom is -0.480 e. The quantitative estimate of drug-likeness (QED) is 0.345. The Labute approximate surface area is 176 Å². The van der Waals surface area contributed by atoms with Crippen LogP contribution >= 0.6 is 0 Å². The van der Waals surface area contributed by atoms with Crippen LogP contribution in [0.2, 0.25) is 0 Å². The van der Waals surface area contributed by atoms with Gasteiger partial charge in [-0.05, 0) is 33.6 Å². The topological polar surface area (TPSA) is 148 Å². The van der Waals surface area contributed by atoms with Gasteiger partial charge in [-0.25, -0.2) is 19.3 Å². The van der Waals surface area contributed by atoms with Crippen molar-refractivity contribution in [2.24, 2.45) is 11.7 Å². The first-order valence-electron chi connectivity index (χ1n) is 10.0. The maximum Gasteiger partial charge on any atom is 0.327 e. The van der Waals surface area contributed by atoms with E-state index in [9.17, 15) is 24.3 Å². The summed E-state index contributed by atoms with van der Waals surface area (Å²) in [4.78, 5) is 53.0. The van der Waals surface area contributed by atoms with E-state index in [-0.39, 0.29) is 24.7 Å². The zero-order valence-corrected chi connectivity index (χ0v) is 17.8. The third kappa shape index (κ3) is 5.55. The molecule has 2 fully saturated rings. The Hall–Kier alpha value is -2.98. The number of β-lactam (4-membered cyclic amide) rings is 1. The lowest BCUT2D eigenvalue weighted by molar-refractivity contribution is -0.167. The lowest BCUT2D eigenvalue weighted by Crippen LogP contribution is -2.69. The van der Waals surface area contributed by atoms with Crippen molar-refractivity contribution < 1.29 is 24.3 Å². The van der Waals surface area contributed by atoms with E-state index in [4.69, 9.17) is 5.73 Å². The molecule has 0 radical (unpaired) electrons. The zero-order valence-electron chi connectivity index (χ0n) is 17.8. The summed E-state index contributed by atoms with van der Waals surface area (Å²) in [6, 6.07) is -2.01. The molecular formula is C19H32N6O5. The Balaban J connectivity index is 1.90. The SMILES string of the molecule is C=C(N)NCCCC1C(=O)N(C(=O)N2CCN(C(=O)NC(C)(C)C)CC2)C1C(=O)O. The molecule has 0 aromatic carbocycles. The average Bonchev–Trinajstić information content (AvgIpc) is 2.63. The number of hydrogen-bond donors (Lipinski definition) is 4. The number of amides is 5. The Morgan fingerprint density at radius 3 is 2.23 bits per heavy atom. The van der Waals surface area contributed by atoms with Crippen LogP contribution in [0.3, 0.4) is 0 Å². The second-order valence-electron chi connectivity index (χ2n) is 8.63. The molecule has 11 heteroatoms. The molecule has 2 rings (SSSR count). The van der Waals surface area contributed by atoms with Gasteiger partial charge >= 0.3 is 18.0 Å². The fourth-order valence-corrected chi connectivity index (χ4v) is 3.55. The molecule has 0 spiro atoms. The smallest absolute Gasteiger partial charge is 0.327 e. The summed E-state index contributed by atoms with van der Waals surface area (Å²) in [7, 11) is 0. The van der Waals surface area contributed by atoms with Crippen molar-refractivity contribution in [3.05, 3.63) is 12.4 Å². The van der Waals surface area contributed by atoms with Crippen LogP contribution in [0, 0.1) is 5.92 Å². The number of likely N-dealkylation sites (tertiary alicyclic amines) is 1. The summed E-state index contributed by atoms with van der Waals surface area (Å²) in [5.74, 6) is -2.12. The molecule has 2 unspecified atom stereocenters. The maximum atomic E-state index is 12.8. The van der Waals surface area contributed by atoms with Gasteiger partial charge in [0, 0.05) is 38.3 Å². The number of aliphatic carboxylic acids is 1. The van der Waals surface area contributed by atoms with E-state index in [0.717, 1.165) is 4.90 Å². The van der Waals surface area contributed by atoms with Gasteiger partial charge in [-0.3, -0.25) is 4.79 Å². The van der Waals surface area contributed by atoms with Gasteiger partial charge in [0.1, 0.15) is 0 Å². The standard InChI is InChI=1S/C19H32N6O5/c1-12(20)21-7-5-6-13-14(16(27)28)25(15(13)26)18(30)24-10-8-23(9-11-24)17(29)22-19(2,3)4/h13-14,21H,1,5-11,20H2,2-4H3,(H,22,29)(H,27,28). The molecule has 0 saturated carbocycles. The molecule has 2 aliphatic rings. The van der Waals surface area contributed by atoms with Gasteiger partial charge < -0.3 is 31.3 Å². The predicted octanol–water partition coefficient (Wildman–Crippen LogP) is -0.0566. The molecule has 2 aliphatic heterocycles. The number of hydrogen-bond acceptors (Lipinski definition) is 6. The fraction of sp³-hybridized carbons (Fsp3) is 0.684. The maximum absolute atomic E-state index is 12.8. The van der Waals surface area contributed by atoms with Crippen LogP contribution < -0.4 is 16.4 Å². The highest BCUT2D eigenvalue weighted by atomic mass is 16.4. The van der Waals surface area contributed by atoms with Gasteiger partial charge in [0.2, 0.25) is 5.91 Å². The van der Waals surface area contributed by atoms with Gasteiger partial charge in [0.15, 0.2) is 6.04 Å². The number of carboxylic acids is 1. The highest BCUT2D eigenvalue weighted by molar-refractivity contribution is 6.07. The van der Waals surface area contributed by atoms with Gasteiger partial charge in [0.05, 0.1) is 11.7 Å². The number of rotatable bonds is 6. The molecule has 30 heavy (non-hydrogen) atoms. The molecular weight excluding hydrogens is 392 g/mol. The van der Waals surface area contributed by atoms with Crippen LogP contribution in [0.15, 0.2) is 12.4 Å². The molecule has 5 amide bonds. The first-order valence-corrected chi connectivity index (χ1v) is 10.0. The molecule has 0 aromatic heterocycles. The van der Waals surface area contributed by atoms with Crippen molar-refractivity contribution in [1.82, 2.24) is 25.3 Å². The van der Waals surface area contributed by atoms with Crippen molar-refractivity contribution in [3.8, 4) is 0 Å². The monoisotopic (exact) mass is 424 g/mol. The van der Waals surface area contributed by atoms with E-state index in [1.54, 1.807) is 4.90 Å². The zero-order chi connectivity index (χ0) is 22.6. The first-order chi connectivity index (χ1) is 13.9. The van der Waals surface area contributed by atoms with Crippen molar-refractivity contribution in [3.63, 3.8) is 0 Å². The van der Waals surface area contributed by atoms with Gasteiger partial charge in [-0.1, -0.05) is 6.58 Å². The lowest BCUT2D eigenvalue weighted by atomic mass is 9.83. The van der Waals surface area contributed by atoms with Crippen LogP contribution in [-0.2, 0) is 9.59 Å². The first kappa shape index (κ1) is 23.3. The molecule has 0 bridgehead atoms. The molecule has 5 N–H and O–H groups in total. The second kappa shape index (κ2) is 9.23. The van der Waals surface area contributed by atoms with E-state index in [1.807, 2.05) is 20.8 Å². The minimum atomic E-state index is -1.20. The van der Waals surface area contributed by atoms with E-state index in [0.29, 0.717) is 38.3 Å². The average molecular weight is 425 g/mol. The third-order valence-electron chi connectivity index (χ3n) is 5.04. The van der Waals surface area contributed by atoms with Crippen LogP contribution in [0.25, 0.3) is 0 Å². The van der Waals surface area contributed by atoms with Gasteiger partial charge in [-0.15, -0.1) is 0 Å². The number of piperazine rings is 1. The van der Waals surface area contributed by atoms with Crippen molar-refractivity contribution in [2.45, 2.75) is 45.2 Å². The number of imide groups is 1. The lowest BCUT2D eigenvalue weighted by Gasteiger charge is -2.46. The van der Waals surface area contributed by atoms with E-state index < -0.39 is 29.9 Å². The number of nitrogens with one attached hydrogen (secondary N) is 2. The summed E-state index contributed by atoms with van der Waals surface area (Å²) in [6.45, 7) is 10.7. The fourth-order valence-electron chi connectivity index (χ4n) is 3.55. The number of carbonyl (C=O) groups is 4. The van der Waals surface area contributed by atoms with Crippen LogP contribution in [0.4, 0.5) is 9.59 Å². The highest BCUT2D eigenvalue weighted by Gasteiger charge is 2.55. The Morgan fingerprint density at radius 1 is 1.17 bits per heavy atom.